The van der Waals surface area contributed by atoms with Gasteiger partial charge >= 0.3 is 0 Å². The topological polar surface area (TPSA) is 105 Å². The van der Waals surface area contributed by atoms with E-state index in [-0.39, 0.29) is 11.8 Å². The van der Waals surface area contributed by atoms with Crippen molar-refractivity contribution in [3.63, 3.8) is 0 Å². The number of hydrogen-bond donors (Lipinski definition) is 2. The van der Waals surface area contributed by atoms with Crippen LogP contribution in [0.15, 0.2) is 55.0 Å². The van der Waals surface area contributed by atoms with Gasteiger partial charge in [0, 0.05) is 39.2 Å². The van der Waals surface area contributed by atoms with Crippen molar-refractivity contribution in [1.82, 2.24) is 34.7 Å². The molecule has 5 aromatic rings. The fourth-order valence-electron chi connectivity index (χ4n) is 4.85. The molecule has 0 unspecified atom stereocenters. The number of carbonyl (C=O) groups excluding carboxylic acids is 1. The Balaban J connectivity index is 1.63. The summed E-state index contributed by atoms with van der Waals surface area (Å²) in [5.74, 6) is -0.405. The molecule has 2 N–H and O–H groups in total. The summed E-state index contributed by atoms with van der Waals surface area (Å²) in [7, 11) is 0. The van der Waals surface area contributed by atoms with E-state index < -0.39 is 5.82 Å². The van der Waals surface area contributed by atoms with E-state index in [1.165, 1.54) is 11.3 Å². The van der Waals surface area contributed by atoms with Crippen LogP contribution in [0.1, 0.15) is 17.6 Å². The van der Waals surface area contributed by atoms with E-state index >= 15 is 4.39 Å². The summed E-state index contributed by atoms with van der Waals surface area (Å²) in [6.07, 6.45) is 6.71. The monoisotopic (exact) mass is 493 g/mol. The number of carbonyl (C=O) groups is 1. The SMILES string of the molecule is O=C(C1CC1)n1c2cncc(c2)c2ccc3[nH][nH]c(c4nc5nccc(c6ccc1s6)c5n4)-c3c2F. The first-order valence-electron chi connectivity index (χ1n) is 11.6. The first-order chi connectivity index (χ1) is 17.7. The maximum absolute atomic E-state index is 16.1. The lowest BCUT2D eigenvalue weighted by Gasteiger charge is -2.07. The zero-order valence-corrected chi connectivity index (χ0v) is 19.4. The van der Waals surface area contributed by atoms with Gasteiger partial charge in [0.2, 0.25) is 5.91 Å². The third-order valence-electron chi connectivity index (χ3n) is 6.79. The van der Waals surface area contributed by atoms with Gasteiger partial charge in [0.05, 0.1) is 22.8 Å². The van der Waals surface area contributed by atoms with Gasteiger partial charge in [0.15, 0.2) is 11.3 Å². The van der Waals surface area contributed by atoms with Crippen molar-refractivity contribution in [1.29, 1.82) is 0 Å². The van der Waals surface area contributed by atoms with Crippen molar-refractivity contribution in [3.8, 4) is 11.3 Å². The Kier molecular flexibility index (Phi) is 3.88. The lowest BCUT2D eigenvalue weighted by Crippen LogP contribution is -2.12. The average Bonchev–Trinajstić information content (AvgIpc) is 3.26. The quantitative estimate of drug-likeness (QED) is 0.293. The Morgan fingerprint density at radius 3 is 2.83 bits per heavy atom. The van der Waals surface area contributed by atoms with Crippen molar-refractivity contribution >= 4 is 70.8 Å². The molecule has 8 bridgehead atoms. The number of hydrogen-bond acceptors (Lipinski definition) is 6. The molecule has 1 aromatic carbocycles. The van der Waals surface area contributed by atoms with Crippen LogP contribution in [0.4, 0.5) is 4.39 Å². The first kappa shape index (κ1) is 19.8. The molecule has 1 saturated carbocycles. The predicted octanol–water partition coefficient (Wildman–Crippen LogP) is 5.97. The van der Waals surface area contributed by atoms with E-state index in [1.54, 1.807) is 29.2 Å². The molecule has 6 heterocycles. The Morgan fingerprint density at radius 1 is 1.03 bits per heavy atom. The molecule has 1 fully saturated rings. The number of rotatable bonds is 1. The van der Waals surface area contributed by atoms with Crippen LogP contribution in [0.2, 0.25) is 0 Å². The second kappa shape index (κ2) is 7.05. The number of imidazole rings is 1. The third kappa shape index (κ3) is 2.75. The van der Waals surface area contributed by atoms with E-state index in [1.807, 2.05) is 30.3 Å². The Bertz CT molecular complexity index is 2060. The van der Waals surface area contributed by atoms with Crippen molar-refractivity contribution in [2.45, 2.75) is 12.8 Å². The zero-order chi connectivity index (χ0) is 24.0. The van der Waals surface area contributed by atoms with Gasteiger partial charge in [-0.1, -0.05) is 0 Å². The van der Waals surface area contributed by atoms with Crippen molar-refractivity contribution in [3.05, 3.63) is 60.8 Å². The molecule has 8 nitrogen and oxygen atoms in total. The van der Waals surface area contributed by atoms with E-state index in [9.17, 15) is 4.79 Å². The van der Waals surface area contributed by atoms with E-state index in [4.69, 9.17) is 4.98 Å². The number of thiophene rings is 1. The molecule has 3 aliphatic rings. The normalized spacial score (nSPS) is 14.0. The summed E-state index contributed by atoms with van der Waals surface area (Å²) in [6.45, 7) is 0. The minimum atomic E-state index is -0.422. The Labute approximate surface area is 205 Å². The largest absolute Gasteiger partial charge is 0.300 e. The zero-order valence-electron chi connectivity index (χ0n) is 18.6. The van der Waals surface area contributed by atoms with Crippen molar-refractivity contribution < 1.29 is 9.18 Å². The van der Waals surface area contributed by atoms with E-state index in [2.05, 4.69) is 25.1 Å². The van der Waals surface area contributed by atoms with Crippen LogP contribution in [-0.4, -0.2) is 40.6 Å². The van der Waals surface area contributed by atoms with Crippen LogP contribution in [-0.2, 0) is 0 Å². The predicted molar refractivity (Wildman–Crippen MR) is 137 cm³/mol. The molecular formula is C26H16FN7OS. The van der Waals surface area contributed by atoms with Crippen LogP contribution < -0.4 is 0 Å². The number of nitrogens with zero attached hydrogens (tertiary/aromatic N) is 5. The number of benzene rings is 1. The number of pyridine rings is 2. The van der Waals surface area contributed by atoms with Gasteiger partial charge in [-0.05, 0) is 49.2 Å². The van der Waals surface area contributed by atoms with Crippen LogP contribution in [0.5, 0.6) is 0 Å². The number of nitrogens with one attached hydrogen (secondary N) is 2. The van der Waals surface area contributed by atoms with Crippen LogP contribution >= 0.6 is 11.3 Å². The number of halogens is 1. The minimum absolute atomic E-state index is 0.0107. The summed E-state index contributed by atoms with van der Waals surface area (Å²) in [4.78, 5) is 32.4. The molecule has 8 rings (SSSR count). The molecule has 0 radical (unpaired) electrons. The summed E-state index contributed by atoms with van der Waals surface area (Å²) in [6, 6.07) is 11.2. The van der Waals surface area contributed by atoms with Gasteiger partial charge in [-0.2, -0.15) is 0 Å². The molecule has 2 aliphatic heterocycles. The van der Waals surface area contributed by atoms with Gasteiger partial charge < -0.3 is 0 Å². The van der Waals surface area contributed by atoms with Crippen LogP contribution in [0, 0.1) is 11.7 Å². The standard InChI is InChI=1S/C26H16FN7OS/c27-21-15-3-4-17-20(21)23(33-32-17)25-30-22-16(7-8-29-24(22)31-25)18-5-6-19(36-18)34(26(35)12-1-2-12)14-9-13(15)10-28-11-14/h3-12,32-33H,1-2H2. The van der Waals surface area contributed by atoms with E-state index in [0.717, 1.165) is 27.8 Å². The summed E-state index contributed by atoms with van der Waals surface area (Å²) >= 11 is 1.50. The second-order valence-electron chi connectivity index (χ2n) is 9.07. The molecule has 36 heavy (non-hydrogen) atoms. The highest BCUT2D eigenvalue weighted by Gasteiger charge is 2.31. The van der Waals surface area contributed by atoms with Gasteiger partial charge in [0.1, 0.15) is 21.9 Å². The van der Waals surface area contributed by atoms with Crippen LogP contribution in [0.3, 0.4) is 0 Å². The number of aromatic nitrogens is 7. The maximum Gasteiger partial charge on any atom is 0.235 e. The third-order valence-corrected chi connectivity index (χ3v) is 7.89. The number of H-pyrrole nitrogens is 2. The maximum atomic E-state index is 16.1. The summed E-state index contributed by atoms with van der Waals surface area (Å²) < 4.78 is 18.8. The Hall–Kier alpha value is -4.44. The highest BCUT2D eigenvalue weighted by Crippen LogP contribution is 2.36. The average molecular weight is 494 g/mol. The molecule has 0 spiro atoms. The molecule has 0 amide bonds. The molecule has 1 aliphatic carbocycles. The first-order valence-corrected chi connectivity index (χ1v) is 12.4. The van der Waals surface area contributed by atoms with Gasteiger partial charge in [-0.3, -0.25) is 24.5 Å². The summed E-state index contributed by atoms with van der Waals surface area (Å²) in [5.41, 5.74) is 3.47. The molecule has 0 saturated heterocycles. The van der Waals surface area contributed by atoms with Gasteiger partial charge in [0.25, 0.3) is 0 Å². The molecule has 10 heteroatoms. The minimum Gasteiger partial charge on any atom is -0.300 e. The number of fused-ring (bicyclic) bond motifs is 9. The molecule has 4 aromatic heterocycles. The molecule has 174 valence electrons. The fraction of sp³-hybridized carbons (Fsp3) is 0.115. The van der Waals surface area contributed by atoms with Gasteiger partial charge in [-0.25, -0.2) is 19.3 Å². The number of aromatic amines is 2. The second-order valence-corrected chi connectivity index (χ2v) is 10.1. The van der Waals surface area contributed by atoms with E-state index in [0.29, 0.717) is 49.9 Å². The smallest absolute Gasteiger partial charge is 0.235 e. The summed E-state index contributed by atoms with van der Waals surface area (Å²) in [5, 5.41) is 7.88. The lowest BCUT2D eigenvalue weighted by molar-refractivity contribution is 0.0896. The Morgan fingerprint density at radius 2 is 1.94 bits per heavy atom. The van der Waals surface area contributed by atoms with Crippen molar-refractivity contribution in [2.75, 3.05) is 0 Å². The highest BCUT2D eigenvalue weighted by atomic mass is 32.1. The van der Waals surface area contributed by atoms with Crippen molar-refractivity contribution in [2.24, 2.45) is 5.92 Å². The molecule has 0 atom stereocenters. The van der Waals surface area contributed by atoms with Crippen LogP contribution in [0.25, 0.3) is 64.8 Å². The van der Waals surface area contributed by atoms with Gasteiger partial charge in [-0.15, -0.1) is 11.3 Å². The fourth-order valence-corrected chi connectivity index (χ4v) is 5.91. The molecular weight excluding hydrogens is 477 g/mol. The lowest BCUT2D eigenvalue weighted by atomic mass is 10.1. The highest BCUT2D eigenvalue weighted by molar-refractivity contribution is 7.24.